The molecular weight excluding hydrogens is 332 g/mol. The number of hydrogen-bond acceptors (Lipinski definition) is 5. The van der Waals surface area contributed by atoms with Crippen LogP contribution in [-0.2, 0) is 9.53 Å². The predicted molar refractivity (Wildman–Crippen MR) is 96.8 cm³/mol. The fourth-order valence-corrected chi connectivity index (χ4v) is 2.05. The first kappa shape index (κ1) is 20.2. The van der Waals surface area contributed by atoms with Crippen molar-refractivity contribution in [3.05, 3.63) is 40.2 Å². The van der Waals surface area contributed by atoms with Gasteiger partial charge in [0.25, 0.3) is 0 Å². The van der Waals surface area contributed by atoms with Crippen LogP contribution in [-0.4, -0.2) is 24.2 Å². The maximum absolute atomic E-state index is 12.1. The lowest BCUT2D eigenvalue weighted by atomic mass is 10.1. The molecular formula is C17H23ClN2O4. The first-order valence-electron chi connectivity index (χ1n) is 7.40. The van der Waals surface area contributed by atoms with E-state index >= 15 is 0 Å². The molecule has 0 saturated carbocycles. The van der Waals surface area contributed by atoms with E-state index in [1.165, 1.54) is 6.07 Å². The van der Waals surface area contributed by atoms with Crippen LogP contribution in [0.2, 0.25) is 0 Å². The van der Waals surface area contributed by atoms with Gasteiger partial charge in [-0.1, -0.05) is 0 Å². The van der Waals surface area contributed by atoms with Crippen molar-refractivity contribution >= 4 is 35.0 Å². The highest BCUT2D eigenvalue weighted by Gasteiger charge is 2.18. The van der Waals surface area contributed by atoms with Gasteiger partial charge in [0.1, 0.15) is 11.6 Å². The summed E-state index contributed by atoms with van der Waals surface area (Å²) in [7, 11) is 0. The van der Waals surface area contributed by atoms with Crippen molar-refractivity contribution in [2.45, 2.75) is 39.3 Å². The lowest BCUT2D eigenvalue weighted by Gasteiger charge is -2.22. The highest BCUT2D eigenvalue weighted by molar-refractivity contribution is 5.96. The molecule has 0 radical (unpaired) electrons. The Morgan fingerprint density at radius 2 is 2.00 bits per heavy atom. The Hall–Kier alpha value is -1.89. The zero-order valence-corrected chi connectivity index (χ0v) is 15.0. The normalized spacial score (nSPS) is 12.5. The van der Waals surface area contributed by atoms with E-state index in [0.717, 1.165) is 10.9 Å². The minimum atomic E-state index is -0.783. The fraction of sp³-hybridized carbons (Fsp3) is 0.412. The monoisotopic (exact) mass is 354 g/mol. The number of aryl methyl sites for hydroxylation is 1. The van der Waals surface area contributed by atoms with Crippen LogP contribution in [0.4, 0.5) is 5.69 Å². The number of hydrogen-bond donors (Lipinski definition) is 2. The molecule has 0 aliphatic heterocycles. The summed E-state index contributed by atoms with van der Waals surface area (Å²) in [6.07, 6.45) is 0. The Morgan fingerprint density at radius 1 is 1.33 bits per heavy atom. The van der Waals surface area contributed by atoms with Gasteiger partial charge in [-0.15, -0.1) is 12.4 Å². The zero-order chi connectivity index (χ0) is 17.2. The lowest BCUT2D eigenvalue weighted by Crippen LogP contribution is -2.41. The van der Waals surface area contributed by atoms with Gasteiger partial charge in [0, 0.05) is 23.2 Å². The van der Waals surface area contributed by atoms with Gasteiger partial charge < -0.3 is 20.2 Å². The van der Waals surface area contributed by atoms with Crippen molar-refractivity contribution in [2.24, 2.45) is 5.73 Å². The van der Waals surface area contributed by atoms with E-state index in [9.17, 15) is 9.59 Å². The van der Waals surface area contributed by atoms with E-state index in [1.54, 1.807) is 18.2 Å². The number of nitrogens with one attached hydrogen (secondary N) is 1. The first-order chi connectivity index (χ1) is 10.7. The molecule has 2 rings (SSSR count). The van der Waals surface area contributed by atoms with Crippen molar-refractivity contribution in [2.75, 3.05) is 11.9 Å². The summed E-state index contributed by atoms with van der Waals surface area (Å²) in [5.74, 6) is -0.358. The van der Waals surface area contributed by atoms with Crippen LogP contribution in [0.15, 0.2) is 33.5 Å². The van der Waals surface area contributed by atoms with Crippen molar-refractivity contribution in [3.8, 4) is 0 Å². The number of fused-ring (bicyclic) bond motifs is 1. The first-order valence-corrected chi connectivity index (χ1v) is 7.40. The molecule has 3 N–H and O–H groups in total. The number of benzene rings is 1. The maximum Gasteiger partial charge on any atom is 0.336 e. The van der Waals surface area contributed by atoms with Crippen LogP contribution in [0.5, 0.6) is 0 Å². The molecule has 0 aliphatic rings. The van der Waals surface area contributed by atoms with Crippen molar-refractivity contribution in [3.63, 3.8) is 0 Å². The number of nitrogens with two attached hydrogens (primary N) is 1. The predicted octanol–water partition coefficient (Wildman–Crippen LogP) is 2.60. The van der Waals surface area contributed by atoms with Gasteiger partial charge in [-0.25, -0.2) is 4.79 Å². The van der Waals surface area contributed by atoms with Gasteiger partial charge in [-0.05, 0) is 45.4 Å². The number of amides is 1. The van der Waals surface area contributed by atoms with E-state index in [2.05, 4.69) is 5.32 Å². The maximum atomic E-state index is 12.1. The van der Waals surface area contributed by atoms with E-state index in [-0.39, 0.29) is 30.5 Å². The smallest absolute Gasteiger partial charge is 0.336 e. The van der Waals surface area contributed by atoms with Gasteiger partial charge >= 0.3 is 5.63 Å². The summed E-state index contributed by atoms with van der Waals surface area (Å²) in [5, 5.41) is 3.53. The van der Waals surface area contributed by atoms with Crippen LogP contribution in [0.25, 0.3) is 11.0 Å². The number of carbonyl (C=O) groups is 1. The minimum absolute atomic E-state index is 0. The summed E-state index contributed by atoms with van der Waals surface area (Å²) in [6.45, 7) is 7.64. The Bertz CT molecular complexity index is 780. The molecule has 1 amide bonds. The number of carbonyl (C=O) groups excluding carboxylic acids is 1. The van der Waals surface area contributed by atoms with Crippen LogP contribution in [0.3, 0.4) is 0 Å². The molecule has 0 saturated heterocycles. The molecule has 1 atom stereocenters. The molecule has 1 heterocycles. The average molecular weight is 355 g/mol. The molecule has 24 heavy (non-hydrogen) atoms. The highest BCUT2D eigenvalue weighted by atomic mass is 35.5. The topological polar surface area (TPSA) is 94.6 Å². The highest BCUT2D eigenvalue weighted by Crippen LogP contribution is 2.20. The number of ether oxygens (including phenoxy) is 1. The molecule has 1 aromatic carbocycles. The van der Waals surface area contributed by atoms with Crippen LogP contribution >= 0.6 is 12.4 Å². The molecule has 1 aromatic heterocycles. The van der Waals surface area contributed by atoms with Crippen molar-refractivity contribution in [1.29, 1.82) is 0 Å². The second-order valence-corrected chi connectivity index (χ2v) is 6.48. The average Bonchev–Trinajstić information content (AvgIpc) is 2.43. The standard InChI is InChI=1S/C17H22N2O4.ClH/c1-10-7-15(20)23-14-8-11(5-6-12(10)14)19-16(21)13(18)9-22-17(2,3)4;/h5-8,13H,9,18H2,1-4H3,(H,19,21);1H. The summed E-state index contributed by atoms with van der Waals surface area (Å²) in [5.41, 5.74) is 6.80. The lowest BCUT2D eigenvalue weighted by molar-refractivity contribution is -0.120. The quantitative estimate of drug-likeness (QED) is 0.823. The Morgan fingerprint density at radius 3 is 2.62 bits per heavy atom. The van der Waals surface area contributed by atoms with Crippen molar-refractivity contribution in [1.82, 2.24) is 0 Å². The second-order valence-electron chi connectivity index (χ2n) is 6.48. The molecule has 0 aliphatic carbocycles. The van der Waals surface area contributed by atoms with Crippen LogP contribution < -0.4 is 16.7 Å². The molecule has 132 valence electrons. The van der Waals surface area contributed by atoms with Crippen LogP contribution in [0, 0.1) is 6.92 Å². The molecule has 7 heteroatoms. The van der Waals surface area contributed by atoms with E-state index in [4.69, 9.17) is 14.9 Å². The molecule has 0 spiro atoms. The van der Waals surface area contributed by atoms with Crippen molar-refractivity contribution < 1.29 is 13.9 Å². The molecule has 1 unspecified atom stereocenters. The van der Waals surface area contributed by atoms with Gasteiger partial charge in [-0.2, -0.15) is 0 Å². The minimum Gasteiger partial charge on any atom is -0.423 e. The van der Waals surface area contributed by atoms with Gasteiger partial charge in [0.15, 0.2) is 0 Å². The third-order valence-corrected chi connectivity index (χ3v) is 3.25. The largest absolute Gasteiger partial charge is 0.423 e. The van der Waals surface area contributed by atoms with Crippen LogP contribution in [0.1, 0.15) is 26.3 Å². The summed E-state index contributed by atoms with van der Waals surface area (Å²) in [4.78, 5) is 23.5. The van der Waals surface area contributed by atoms with Gasteiger partial charge in [0.2, 0.25) is 5.91 Å². The van der Waals surface area contributed by atoms with Gasteiger partial charge in [0.05, 0.1) is 12.2 Å². The Kier molecular flexibility index (Phi) is 6.54. The fourth-order valence-electron chi connectivity index (χ4n) is 2.05. The summed E-state index contributed by atoms with van der Waals surface area (Å²) < 4.78 is 10.7. The van der Waals surface area contributed by atoms with E-state index in [1.807, 2.05) is 27.7 Å². The molecule has 0 fully saturated rings. The molecule has 0 bridgehead atoms. The third kappa shape index (κ3) is 5.33. The summed E-state index contributed by atoms with van der Waals surface area (Å²) >= 11 is 0. The number of rotatable bonds is 4. The molecule has 6 nitrogen and oxygen atoms in total. The second kappa shape index (κ2) is 7.79. The Labute approximate surface area is 146 Å². The SMILES string of the molecule is Cc1cc(=O)oc2cc(NC(=O)C(N)COC(C)(C)C)ccc12.Cl. The number of anilines is 1. The Balaban J connectivity index is 0.00000288. The van der Waals surface area contributed by atoms with E-state index in [0.29, 0.717) is 11.3 Å². The molecule has 2 aromatic rings. The number of halogens is 1. The zero-order valence-electron chi connectivity index (χ0n) is 14.2. The summed E-state index contributed by atoms with van der Waals surface area (Å²) in [6, 6.07) is 5.79. The third-order valence-electron chi connectivity index (χ3n) is 3.25. The van der Waals surface area contributed by atoms with Gasteiger partial charge in [-0.3, -0.25) is 4.79 Å². The van der Waals surface area contributed by atoms with E-state index < -0.39 is 11.7 Å².